The van der Waals surface area contributed by atoms with Crippen molar-refractivity contribution in [3.63, 3.8) is 0 Å². The zero-order valence-corrected chi connectivity index (χ0v) is 13.7. The van der Waals surface area contributed by atoms with Gasteiger partial charge in [0.2, 0.25) is 0 Å². The molecule has 0 aliphatic heterocycles. The Balaban J connectivity index is 2.94. The van der Waals surface area contributed by atoms with Gasteiger partial charge < -0.3 is 0 Å². The van der Waals surface area contributed by atoms with Gasteiger partial charge in [-0.25, -0.2) is 0 Å². The van der Waals surface area contributed by atoms with Crippen LogP contribution < -0.4 is 5.30 Å². The number of hydrogen-bond acceptors (Lipinski definition) is 2. The molecule has 0 aliphatic rings. The van der Waals surface area contributed by atoms with Crippen molar-refractivity contribution in [2.75, 3.05) is 19.4 Å². The molecule has 0 radical (unpaired) electrons. The average Bonchev–Trinajstić information content (AvgIpc) is 2.48. The Kier molecular flexibility index (Phi) is 8.29. The molecule has 1 rings (SSSR count). The summed E-state index contributed by atoms with van der Waals surface area (Å²) in [5.41, 5.74) is 0. The SMILES string of the molecule is CCCC[PH](OCCC)(OCCC)c1ccccc1. The molecule has 0 bridgehead atoms. The van der Waals surface area contributed by atoms with E-state index in [0.29, 0.717) is 0 Å². The third-order valence-electron chi connectivity index (χ3n) is 3.15. The first-order valence-corrected chi connectivity index (χ1v) is 9.64. The van der Waals surface area contributed by atoms with Gasteiger partial charge in [-0.2, -0.15) is 0 Å². The summed E-state index contributed by atoms with van der Waals surface area (Å²) in [5, 5.41) is 1.28. The Hall–Kier alpha value is -0.430. The van der Waals surface area contributed by atoms with Gasteiger partial charge in [-0.05, 0) is 0 Å². The van der Waals surface area contributed by atoms with E-state index in [1.165, 1.54) is 18.1 Å². The van der Waals surface area contributed by atoms with Crippen molar-refractivity contribution in [3.8, 4) is 0 Å². The molecule has 110 valence electrons. The van der Waals surface area contributed by atoms with E-state index in [4.69, 9.17) is 9.05 Å². The summed E-state index contributed by atoms with van der Waals surface area (Å²) in [6, 6.07) is 10.6. The van der Waals surface area contributed by atoms with Gasteiger partial charge >= 0.3 is 118 Å². The van der Waals surface area contributed by atoms with Crippen LogP contribution in [0.25, 0.3) is 0 Å². The number of hydrogen-bond donors (Lipinski definition) is 0. The van der Waals surface area contributed by atoms with Crippen molar-refractivity contribution in [2.24, 2.45) is 0 Å². The molecule has 0 aliphatic carbocycles. The van der Waals surface area contributed by atoms with Crippen LogP contribution in [0.3, 0.4) is 0 Å². The summed E-state index contributed by atoms with van der Waals surface area (Å²) in [5.74, 6) is 0. The van der Waals surface area contributed by atoms with Gasteiger partial charge in [-0.3, -0.25) is 0 Å². The van der Waals surface area contributed by atoms with Crippen LogP contribution in [-0.4, -0.2) is 19.4 Å². The summed E-state index contributed by atoms with van der Waals surface area (Å²) < 4.78 is 12.6. The number of benzene rings is 1. The fraction of sp³-hybridized carbons (Fsp3) is 0.625. The number of rotatable bonds is 10. The van der Waals surface area contributed by atoms with Crippen LogP contribution in [0.2, 0.25) is 0 Å². The fourth-order valence-corrected chi connectivity index (χ4v) is 5.71. The molecular weight excluding hydrogens is 255 g/mol. The predicted octanol–water partition coefficient (Wildman–Crippen LogP) is 4.55. The van der Waals surface area contributed by atoms with Crippen LogP contribution in [-0.2, 0) is 9.05 Å². The minimum atomic E-state index is -2.23. The van der Waals surface area contributed by atoms with Crippen molar-refractivity contribution in [3.05, 3.63) is 30.3 Å². The maximum absolute atomic E-state index is 6.29. The van der Waals surface area contributed by atoms with E-state index >= 15 is 0 Å². The standard InChI is InChI=1S/C16H29O2P/c1-4-7-15-19(17-13-5-2,18-14-6-3)16-11-9-8-10-12-16/h8-12,19H,4-7,13-15H2,1-3H3. The molecule has 0 unspecified atom stereocenters. The van der Waals surface area contributed by atoms with E-state index in [9.17, 15) is 0 Å². The summed E-state index contributed by atoms with van der Waals surface area (Å²) in [7, 11) is -2.23. The topological polar surface area (TPSA) is 18.5 Å². The summed E-state index contributed by atoms with van der Waals surface area (Å²) in [6.07, 6.45) is 5.51. The van der Waals surface area contributed by atoms with E-state index in [1.807, 2.05) is 0 Å². The zero-order chi connectivity index (χ0) is 14.0. The molecular formula is C16H29O2P. The van der Waals surface area contributed by atoms with Crippen LogP contribution in [0.1, 0.15) is 46.5 Å². The molecule has 0 N–H and O–H groups in total. The van der Waals surface area contributed by atoms with E-state index in [0.717, 1.165) is 32.2 Å². The van der Waals surface area contributed by atoms with Gasteiger partial charge in [0, 0.05) is 0 Å². The summed E-state index contributed by atoms with van der Waals surface area (Å²) >= 11 is 0. The second-order valence-corrected chi connectivity index (χ2v) is 8.08. The van der Waals surface area contributed by atoms with Crippen molar-refractivity contribution >= 4 is 13.0 Å². The predicted molar refractivity (Wildman–Crippen MR) is 86.7 cm³/mol. The van der Waals surface area contributed by atoms with Crippen LogP contribution in [0.5, 0.6) is 0 Å². The van der Waals surface area contributed by atoms with Gasteiger partial charge in [0.05, 0.1) is 0 Å². The first kappa shape index (κ1) is 16.6. The first-order chi connectivity index (χ1) is 9.29. The van der Waals surface area contributed by atoms with Crippen LogP contribution in [0, 0.1) is 0 Å². The van der Waals surface area contributed by atoms with Crippen molar-refractivity contribution in [1.82, 2.24) is 0 Å². The Labute approximate surface area is 119 Å². The summed E-state index contributed by atoms with van der Waals surface area (Å²) in [6.45, 7) is 8.14. The Bertz CT molecular complexity index is 305. The van der Waals surface area contributed by atoms with Gasteiger partial charge in [-0.1, -0.05) is 0 Å². The molecule has 0 atom stereocenters. The maximum atomic E-state index is 6.29. The Morgan fingerprint density at radius 2 is 1.42 bits per heavy atom. The quantitative estimate of drug-likeness (QED) is 0.587. The third-order valence-corrected chi connectivity index (χ3v) is 6.72. The molecule has 2 nitrogen and oxygen atoms in total. The fourth-order valence-electron chi connectivity index (χ4n) is 2.13. The van der Waals surface area contributed by atoms with Crippen LogP contribution in [0.4, 0.5) is 0 Å². The molecule has 1 aromatic carbocycles. The Morgan fingerprint density at radius 1 is 0.842 bits per heavy atom. The Morgan fingerprint density at radius 3 is 1.89 bits per heavy atom. The normalized spacial score (nSPS) is 12.6. The van der Waals surface area contributed by atoms with E-state index < -0.39 is 7.72 Å². The molecule has 0 fully saturated rings. The molecule has 19 heavy (non-hydrogen) atoms. The molecule has 0 saturated carbocycles. The van der Waals surface area contributed by atoms with Crippen molar-refractivity contribution < 1.29 is 9.05 Å². The van der Waals surface area contributed by atoms with Crippen molar-refractivity contribution in [2.45, 2.75) is 46.5 Å². The molecule has 1 aromatic rings. The molecule has 0 heterocycles. The van der Waals surface area contributed by atoms with Gasteiger partial charge in [0.25, 0.3) is 0 Å². The van der Waals surface area contributed by atoms with E-state index in [2.05, 4.69) is 51.1 Å². The monoisotopic (exact) mass is 284 g/mol. The molecule has 0 amide bonds. The van der Waals surface area contributed by atoms with Gasteiger partial charge in [0.1, 0.15) is 0 Å². The number of unbranched alkanes of at least 4 members (excludes halogenated alkanes) is 1. The second-order valence-electron chi connectivity index (χ2n) is 4.92. The third kappa shape index (κ3) is 5.22. The minimum absolute atomic E-state index is 0.800. The molecule has 0 saturated heterocycles. The molecule has 0 aromatic heterocycles. The molecule has 0 spiro atoms. The van der Waals surface area contributed by atoms with E-state index in [1.54, 1.807) is 0 Å². The van der Waals surface area contributed by atoms with Gasteiger partial charge in [-0.15, -0.1) is 0 Å². The second kappa shape index (κ2) is 9.47. The van der Waals surface area contributed by atoms with Crippen LogP contribution in [0.15, 0.2) is 30.3 Å². The van der Waals surface area contributed by atoms with Crippen LogP contribution >= 0.6 is 7.72 Å². The zero-order valence-electron chi connectivity index (χ0n) is 12.7. The van der Waals surface area contributed by atoms with E-state index in [-0.39, 0.29) is 0 Å². The molecule has 3 heteroatoms. The summed E-state index contributed by atoms with van der Waals surface area (Å²) in [4.78, 5) is 0. The van der Waals surface area contributed by atoms with Crippen molar-refractivity contribution in [1.29, 1.82) is 0 Å². The average molecular weight is 284 g/mol. The first-order valence-electron chi connectivity index (χ1n) is 7.62. The van der Waals surface area contributed by atoms with Gasteiger partial charge in [0.15, 0.2) is 0 Å².